The number of pyridine rings is 1. The van der Waals surface area contributed by atoms with Gasteiger partial charge in [-0.2, -0.15) is 0 Å². The number of ether oxygens (including phenoxy) is 3. The lowest BCUT2D eigenvalue weighted by Crippen LogP contribution is -2.30. The van der Waals surface area contributed by atoms with Crippen LogP contribution in [0.5, 0.6) is 11.6 Å². The fourth-order valence-electron chi connectivity index (χ4n) is 3.03. The third-order valence-corrected chi connectivity index (χ3v) is 6.56. The standard InChI is InChI=1S/C24H22ClN3O8S/c1-34-17-7-8-20(25)19(13-17)23(30)26-11-10-15-4-3-5-18(12-15)37(32,33)28-22(29)16-6-9-21(27-14-16)36-24(31)35-2/h3-9,12-14H,10-11H2,1-2H3,(H,26,30)(H,28,29). The molecule has 0 fully saturated rings. The normalized spacial score (nSPS) is 10.8. The summed E-state index contributed by atoms with van der Waals surface area (Å²) in [5, 5.41) is 2.99. The van der Waals surface area contributed by atoms with Crippen molar-refractivity contribution in [3.8, 4) is 11.6 Å². The zero-order valence-corrected chi connectivity index (χ0v) is 21.3. The highest BCUT2D eigenvalue weighted by molar-refractivity contribution is 7.90. The molecule has 0 spiro atoms. The molecule has 1 heterocycles. The molecule has 2 N–H and O–H groups in total. The van der Waals surface area contributed by atoms with Crippen LogP contribution in [0.3, 0.4) is 0 Å². The molecule has 2 aromatic carbocycles. The number of methoxy groups -OCH3 is 2. The smallest absolute Gasteiger partial charge is 0.497 e. The second kappa shape index (κ2) is 12.2. The summed E-state index contributed by atoms with van der Waals surface area (Å²) in [5.74, 6) is -0.975. The van der Waals surface area contributed by atoms with E-state index in [1.165, 1.54) is 43.5 Å². The molecule has 0 saturated heterocycles. The number of halogens is 1. The molecule has 0 unspecified atom stereocenters. The number of sulfonamides is 1. The first-order valence-electron chi connectivity index (χ1n) is 10.6. The topological polar surface area (TPSA) is 150 Å². The molecule has 0 aliphatic heterocycles. The van der Waals surface area contributed by atoms with Gasteiger partial charge in [0, 0.05) is 18.8 Å². The maximum Gasteiger partial charge on any atom is 0.514 e. The summed E-state index contributed by atoms with van der Waals surface area (Å²) in [6.07, 6.45) is 0.378. The van der Waals surface area contributed by atoms with Gasteiger partial charge in [0.05, 0.1) is 35.3 Å². The number of hydrogen-bond acceptors (Lipinski definition) is 9. The molecular formula is C24H22ClN3O8S. The van der Waals surface area contributed by atoms with Crippen LogP contribution >= 0.6 is 11.6 Å². The van der Waals surface area contributed by atoms with Gasteiger partial charge < -0.3 is 19.5 Å². The Bertz CT molecular complexity index is 1410. The van der Waals surface area contributed by atoms with E-state index in [0.717, 1.165) is 13.3 Å². The molecule has 194 valence electrons. The minimum absolute atomic E-state index is 0.0733. The summed E-state index contributed by atoms with van der Waals surface area (Å²) >= 11 is 6.09. The summed E-state index contributed by atoms with van der Waals surface area (Å²) in [6.45, 7) is 0.202. The molecule has 11 nitrogen and oxygen atoms in total. The molecule has 0 aliphatic carbocycles. The van der Waals surface area contributed by atoms with Gasteiger partial charge in [0.15, 0.2) is 0 Å². The lowest BCUT2D eigenvalue weighted by atomic mass is 10.1. The van der Waals surface area contributed by atoms with E-state index in [-0.39, 0.29) is 33.5 Å². The van der Waals surface area contributed by atoms with Crippen molar-refractivity contribution >= 4 is 39.6 Å². The molecule has 37 heavy (non-hydrogen) atoms. The minimum atomic E-state index is -4.21. The Hall–Kier alpha value is -4.16. The lowest BCUT2D eigenvalue weighted by molar-refractivity contribution is 0.0951. The van der Waals surface area contributed by atoms with Gasteiger partial charge in [0.1, 0.15) is 5.75 Å². The minimum Gasteiger partial charge on any atom is -0.497 e. The number of nitrogens with zero attached hydrogens (tertiary/aromatic N) is 1. The van der Waals surface area contributed by atoms with Crippen LogP contribution in [0.4, 0.5) is 4.79 Å². The Balaban J connectivity index is 1.61. The van der Waals surface area contributed by atoms with E-state index in [1.54, 1.807) is 18.2 Å². The first-order valence-corrected chi connectivity index (χ1v) is 12.5. The van der Waals surface area contributed by atoms with E-state index in [2.05, 4.69) is 15.0 Å². The Morgan fingerprint density at radius 2 is 1.78 bits per heavy atom. The summed E-state index contributed by atoms with van der Waals surface area (Å²) in [7, 11) is -1.61. The molecule has 0 radical (unpaired) electrons. The summed E-state index contributed by atoms with van der Waals surface area (Å²) in [5.41, 5.74) is 0.786. The molecule has 0 saturated carbocycles. The highest BCUT2D eigenvalue weighted by Crippen LogP contribution is 2.22. The second-order valence-electron chi connectivity index (χ2n) is 7.38. The molecule has 1 aromatic heterocycles. The fourth-order valence-corrected chi connectivity index (χ4v) is 4.28. The Kier molecular flexibility index (Phi) is 9.04. The highest BCUT2D eigenvalue weighted by atomic mass is 35.5. The van der Waals surface area contributed by atoms with Gasteiger partial charge in [-0.05, 0) is 48.4 Å². The number of aromatic nitrogens is 1. The van der Waals surface area contributed by atoms with Crippen LogP contribution in [-0.2, 0) is 21.2 Å². The van der Waals surface area contributed by atoms with Crippen LogP contribution in [0.2, 0.25) is 5.02 Å². The molecule has 0 aliphatic rings. The maximum absolute atomic E-state index is 12.7. The van der Waals surface area contributed by atoms with Gasteiger partial charge in [-0.1, -0.05) is 23.7 Å². The first-order chi connectivity index (χ1) is 17.6. The van der Waals surface area contributed by atoms with E-state index in [0.29, 0.717) is 17.7 Å². The number of rotatable bonds is 9. The van der Waals surface area contributed by atoms with Gasteiger partial charge >= 0.3 is 6.16 Å². The van der Waals surface area contributed by atoms with E-state index >= 15 is 0 Å². The zero-order chi connectivity index (χ0) is 27.0. The van der Waals surface area contributed by atoms with E-state index in [1.807, 2.05) is 4.72 Å². The summed E-state index contributed by atoms with van der Waals surface area (Å²) in [4.78, 5) is 39.6. The van der Waals surface area contributed by atoms with Crippen molar-refractivity contribution in [2.75, 3.05) is 20.8 Å². The van der Waals surface area contributed by atoms with Crippen molar-refractivity contribution in [2.45, 2.75) is 11.3 Å². The van der Waals surface area contributed by atoms with E-state index < -0.39 is 28.0 Å². The van der Waals surface area contributed by atoms with Crippen LogP contribution < -0.4 is 19.5 Å². The number of carbonyl (C=O) groups is 3. The largest absolute Gasteiger partial charge is 0.514 e. The number of nitrogens with one attached hydrogen (secondary N) is 2. The Morgan fingerprint density at radius 3 is 2.46 bits per heavy atom. The third-order valence-electron chi connectivity index (χ3n) is 4.91. The van der Waals surface area contributed by atoms with Crippen LogP contribution in [0.1, 0.15) is 26.3 Å². The monoisotopic (exact) mass is 547 g/mol. The van der Waals surface area contributed by atoms with Gasteiger partial charge in [-0.15, -0.1) is 0 Å². The van der Waals surface area contributed by atoms with Gasteiger partial charge in [-0.25, -0.2) is 22.9 Å². The average molecular weight is 548 g/mol. The molecule has 13 heteroatoms. The SMILES string of the molecule is COC(=O)Oc1ccc(C(=O)NS(=O)(=O)c2cccc(CCNC(=O)c3cc(OC)ccc3Cl)c2)cn1. The molecule has 2 amide bonds. The predicted octanol–water partition coefficient (Wildman–Crippen LogP) is 2.98. The Labute approximate surface area is 217 Å². The number of amides is 2. The van der Waals surface area contributed by atoms with Crippen molar-refractivity contribution in [1.29, 1.82) is 0 Å². The van der Waals surface area contributed by atoms with Crippen LogP contribution in [-0.4, -0.2) is 52.1 Å². The van der Waals surface area contributed by atoms with Crippen LogP contribution in [0.15, 0.2) is 65.7 Å². The maximum atomic E-state index is 12.7. The first kappa shape index (κ1) is 27.4. The highest BCUT2D eigenvalue weighted by Gasteiger charge is 2.20. The average Bonchev–Trinajstić information content (AvgIpc) is 2.89. The van der Waals surface area contributed by atoms with Gasteiger partial charge in [0.2, 0.25) is 5.88 Å². The molecule has 0 atom stereocenters. The van der Waals surface area contributed by atoms with Crippen molar-refractivity contribution in [3.63, 3.8) is 0 Å². The second-order valence-corrected chi connectivity index (χ2v) is 9.46. The number of benzene rings is 2. The number of hydrogen-bond donors (Lipinski definition) is 2. The molecule has 3 aromatic rings. The predicted molar refractivity (Wildman–Crippen MR) is 132 cm³/mol. The third kappa shape index (κ3) is 7.41. The molecule has 3 rings (SSSR count). The lowest BCUT2D eigenvalue weighted by Gasteiger charge is -2.10. The zero-order valence-electron chi connectivity index (χ0n) is 19.7. The number of carbonyl (C=O) groups excluding carboxylic acids is 3. The Morgan fingerprint density at radius 1 is 1.00 bits per heavy atom. The van der Waals surface area contributed by atoms with Crippen molar-refractivity contribution in [1.82, 2.24) is 15.0 Å². The fraction of sp³-hybridized carbons (Fsp3) is 0.167. The van der Waals surface area contributed by atoms with Gasteiger partial charge in [0.25, 0.3) is 21.8 Å². The summed E-state index contributed by atoms with van der Waals surface area (Å²) in [6, 6.07) is 13.1. The van der Waals surface area contributed by atoms with Crippen molar-refractivity contribution in [3.05, 3.63) is 82.5 Å². The van der Waals surface area contributed by atoms with Crippen molar-refractivity contribution in [2.24, 2.45) is 0 Å². The van der Waals surface area contributed by atoms with Crippen LogP contribution in [0.25, 0.3) is 0 Å². The van der Waals surface area contributed by atoms with Crippen molar-refractivity contribution < 1.29 is 37.0 Å². The van der Waals surface area contributed by atoms with Gasteiger partial charge in [-0.3, -0.25) is 9.59 Å². The van der Waals surface area contributed by atoms with E-state index in [9.17, 15) is 22.8 Å². The van der Waals surface area contributed by atoms with Crippen LogP contribution in [0, 0.1) is 0 Å². The van der Waals surface area contributed by atoms with E-state index in [4.69, 9.17) is 21.1 Å². The summed E-state index contributed by atoms with van der Waals surface area (Å²) < 4.78 is 41.6. The molecular weight excluding hydrogens is 526 g/mol. The quantitative estimate of drug-likeness (QED) is 0.385. The molecule has 0 bridgehead atoms.